The average molecular weight is 283 g/mol. The monoisotopic (exact) mass is 283 g/mol. The number of amidine groups is 1. The zero-order chi connectivity index (χ0) is 14.2. The largest absolute Gasteiger partial charge is 0.384 e. The molecule has 0 amide bonds. The van der Waals surface area contributed by atoms with E-state index >= 15 is 0 Å². The number of nitrogens with zero attached hydrogens (tertiary/aromatic N) is 4. The molecule has 2 aromatic heterocycles. The molecule has 4 N–H and O–H groups in total. The Balaban J connectivity index is 2.41. The van der Waals surface area contributed by atoms with Crippen molar-refractivity contribution in [3.63, 3.8) is 0 Å². The van der Waals surface area contributed by atoms with Crippen molar-refractivity contribution in [2.75, 3.05) is 4.72 Å². The van der Waals surface area contributed by atoms with Crippen LogP contribution in [0, 0.1) is 5.41 Å². The Bertz CT molecular complexity index is 728. The van der Waals surface area contributed by atoms with Crippen LogP contribution in [0.2, 0.25) is 0 Å². The molecule has 0 saturated heterocycles. The van der Waals surface area contributed by atoms with E-state index in [2.05, 4.69) is 14.9 Å². The summed E-state index contributed by atoms with van der Waals surface area (Å²) in [5.41, 5.74) is 5.59. The molecule has 0 atom stereocenters. The minimum absolute atomic E-state index is 0.0192. The third-order valence-electron chi connectivity index (χ3n) is 2.45. The summed E-state index contributed by atoms with van der Waals surface area (Å²) in [6.45, 7) is 0. The quantitative estimate of drug-likeness (QED) is 0.501. The summed E-state index contributed by atoms with van der Waals surface area (Å²) < 4.78 is 29.3. The van der Waals surface area contributed by atoms with Gasteiger partial charge in [-0.25, -0.2) is 8.42 Å². The predicted octanol–water partition coefficient (Wildman–Crippen LogP) is -0.762. The molecule has 0 aromatic carbocycles. The molecular weight excluding hydrogens is 270 g/mol. The van der Waals surface area contributed by atoms with E-state index in [1.54, 1.807) is 14.1 Å². The first-order valence-electron chi connectivity index (χ1n) is 5.19. The van der Waals surface area contributed by atoms with Crippen LogP contribution in [-0.2, 0) is 24.1 Å². The van der Waals surface area contributed by atoms with Crippen LogP contribution in [-0.4, -0.2) is 33.8 Å². The highest BCUT2D eigenvalue weighted by Gasteiger charge is 2.21. The molecule has 0 radical (unpaired) electrons. The van der Waals surface area contributed by atoms with Gasteiger partial charge in [0, 0.05) is 20.3 Å². The van der Waals surface area contributed by atoms with Crippen LogP contribution < -0.4 is 10.5 Å². The minimum Gasteiger partial charge on any atom is -0.384 e. The summed E-state index contributed by atoms with van der Waals surface area (Å²) in [5.74, 6) is -0.131. The lowest BCUT2D eigenvalue weighted by atomic mass is 10.3. The number of rotatable bonds is 4. The molecule has 10 heteroatoms. The van der Waals surface area contributed by atoms with Gasteiger partial charge >= 0.3 is 0 Å². The van der Waals surface area contributed by atoms with Crippen molar-refractivity contribution in [1.29, 1.82) is 5.41 Å². The molecule has 102 valence electrons. The highest BCUT2D eigenvalue weighted by molar-refractivity contribution is 7.92. The van der Waals surface area contributed by atoms with Crippen molar-refractivity contribution in [2.24, 2.45) is 19.8 Å². The standard InChI is InChI=1S/C9H13N7O2S/c1-15-5-6(3-12-15)19(17,18)14-9-7(8(10)11)4-13-16(9)2/h3-5,14H,1-2H3,(H3,10,11). The zero-order valence-corrected chi connectivity index (χ0v) is 11.1. The maximum absolute atomic E-state index is 12.1. The zero-order valence-electron chi connectivity index (χ0n) is 10.3. The van der Waals surface area contributed by atoms with Gasteiger partial charge in [-0.05, 0) is 0 Å². The summed E-state index contributed by atoms with van der Waals surface area (Å²) >= 11 is 0. The Hall–Kier alpha value is -2.36. The maximum Gasteiger partial charge on any atom is 0.266 e. The van der Waals surface area contributed by atoms with Gasteiger partial charge in [0.15, 0.2) is 0 Å². The fourth-order valence-corrected chi connectivity index (χ4v) is 2.57. The average Bonchev–Trinajstić information content (AvgIpc) is 2.87. The van der Waals surface area contributed by atoms with Crippen LogP contribution in [0.5, 0.6) is 0 Å². The van der Waals surface area contributed by atoms with Crippen LogP contribution in [0.25, 0.3) is 0 Å². The molecule has 0 aliphatic carbocycles. The van der Waals surface area contributed by atoms with Crippen molar-refractivity contribution >= 4 is 21.7 Å². The lowest BCUT2D eigenvalue weighted by Gasteiger charge is -2.08. The van der Waals surface area contributed by atoms with E-state index in [-0.39, 0.29) is 22.1 Å². The van der Waals surface area contributed by atoms with Crippen molar-refractivity contribution in [2.45, 2.75) is 4.90 Å². The van der Waals surface area contributed by atoms with E-state index in [1.807, 2.05) is 0 Å². The van der Waals surface area contributed by atoms with Crippen molar-refractivity contribution in [3.8, 4) is 0 Å². The Kier molecular flexibility index (Phi) is 3.02. The summed E-state index contributed by atoms with van der Waals surface area (Å²) in [6.07, 6.45) is 3.92. The number of aryl methyl sites for hydroxylation is 2. The molecule has 0 saturated carbocycles. The third kappa shape index (κ3) is 2.42. The molecule has 2 heterocycles. The fraction of sp³-hybridized carbons (Fsp3) is 0.222. The van der Waals surface area contributed by atoms with Gasteiger partial charge in [0.25, 0.3) is 10.0 Å². The number of nitrogens with one attached hydrogen (secondary N) is 2. The molecule has 2 rings (SSSR count). The molecule has 0 bridgehead atoms. The Morgan fingerprint density at radius 2 is 2.05 bits per heavy atom. The van der Waals surface area contributed by atoms with E-state index < -0.39 is 10.0 Å². The van der Waals surface area contributed by atoms with E-state index in [4.69, 9.17) is 11.1 Å². The summed E-state index contributed by atoms with van der Waals surface area (Å²) in [6, 6.07) is 0. The first-order chi connectivity index (χ1) is 8.81. The second-order valence-electron chi connectivity index (χ2n) is 3.90. The van der Waals surface area contributed by atoms with Crippen molar-refractivity contribution in [3.05, 3.63) is 24.2 Å². The number of nitrogen functional groups attached to an aromatic ring is 1. The van der Waals surface area contributed by atoms with Gasteiger partial charge in [-0.1, -0.05) is 0 Å². The minimum atomic E-state index is -3.79. The van der Waals surface area contributed by atoms with E-state index in [0.29, 0.717) is 0 Å². The molecule has 2 aromatic rings. The molecule has 0 aliphatic heterocycles. The number of hydrogen-bond acceptors (Lipinski definition) is 5. The molecule has 19 heavy (non-hydrogen) atoms. The lowest BCUT2D eigenvalue weighted by molar-refractivity contribution is 0.600. The smallest absolute Gasteiger partial charge is 0.266 e. The van der Waals surface area contributed by atoms with Gasteiger partial charge in [-0.3, -0.25) is 19.5 Å². The SMILES string of the molecule is Cn1cc(S(=O)(=O)Nc2c(C(=N)N)cnn2C)cn1. The molecule has 9 nitrogen and oxygen atoms in total. The van der Waals surface area contributed by atoms with Crippen molar-refractivity contribution in [1.82, 2.24) is 19.6 Å². The number of sulfonamides is 1. The normalized spacial score (nSPS) is 11.5. The highest BCUT2D eigenvalue weighted by Crippen LogP contribution is 2.18. The van der Waals surface area contributed by atoms with E-state index in [0.717, 1.165) is 0 Å². The second kappa shape index (κ2) is 4.39. The van der Waals surface area contributed by atoms with Crippen LogP contribution in [0.4, 0.5) is 5.82 Å². The first-order valence-corrected chi connectivity index (χ1v) is 6.67. The fourth-order valence-electron chi connectivity index (χ4n) is 1.48. The highest BCUT2D eigenvalue weighted by atomic mass is 32.2. The van der Waals surface area contributed by atoms with Crippen molar-refractivity contribution < 1.29 is 8.42 Å². The second-order valence-corrected chi connectivity index (χ2v) is 5.58. The van der Waals surface area contributed by atoms with Gasteiger partial charge in [-0.15, -0.1) is 0 Å². The van der Waals surface area contributed by atoms with Gasteiger partial charge in [0.2, 0.25) is 0 Å². The van der Waals surface area contributed by atoms with Gasteiger partial charge in [0.1, 0.15) is 16.5 Å². The summed E-state index contributed by atoms with van der Waals surface area (Å²) in [4.78, 5) is 0.0192. The lowest BCUT2D eigenvalue weighted by Crippen LogP contribution is -2.19. The van der Waals surface area contributed by atoms with E-state index in [9.17, 15) is 8.42 Å². The van der Waals surface area contributed by atoms with Gasteiger partial charge < -0.3 is 5.73 Å². The van der Waals surface area contributed by atoms with Crippen LogP contribution in [0.15, 0.2) is 23.5 Å². The Labute approximate surface area is 109 Å². The number of anilines is 1. The summed E-state index contributed by atoms with van der Waals surface area (Å²) in [7, 11) is -0.623. The molecular formula is C9H13N7O2S. The molecule has 0 spiro atoms. The first kappa shape index (κ1) is 13.1. The van der Waals surface area contributed by atoms with Crippen LogP contribution in [0.1, 0.15) is 5.56 Å². The number of nitrogens with two attached hydrogens (primary N) is 1. The van der Waals surface area contributed by atoms with Crippen LogP contribution >= 0.6 is 0 Å². The van der Waals surface area contributed by atoms with Gasteiger partial charge in [-0.2, -0.15) is 10.2 Å². The predicted molar refractivity (Wildman–Crippen MR) is 68.2 cm³/mol. The number of hydrogen-bond donors (Lipinski definition) is 3. The number of aromatic nitrogens is 4. The molecule has 0 fully saturated rings. The van der Waals surface area contributed by atoms with Crippen LogP contribution in [0.3, 0.4) is 0 Å². The molecule has 0 unspecified atom stereocenters. The maximum atomic E-state index is 12.1. The summed E-state index contributed by atoms with van der Waals surface area (Å²) in [5, 5.41) is 15.0. The topological polar surface area (TPSA) is 132 Å². The third-order valence-corrected chi connectivity index (χ3v) is 3.74. The molecule has 0 aliphatic rings. The van der Waals surface area contributed by atoms with Gasteiger partial charge in [0.05, 0.1) is 18.0 Å². The Morgan fingerprint density at radius 1 is 1.37 bits per heavy atom. The van der Waals surface area contributed by atoms with E-state index in [1.165, 1.54) is 28.0 Å². The Morgan fingerprint density at radius 3 is 2.58 bits per heavy atom.